The molecule has 0 bridgehead atoms. The van der Waals surface area contributed by atoms with Crippen LogP contribution in [0.2, 0.25) is 0 Å². The van der Waals surface area contributed by atoms with Crippen LogP contribution >= 0.6 is 27.5 Å². The Hall–Kier alpha value is -0.790. The molecule has 1 N–H and O–H groups in total. The second-order valence-corrected chi connectivity index (χ2v) is 6.85. The molecule has 116 valence electrons. The standard InChI is InChI=1S/C14H21BrN4OS/c1-5-9-12(15)10(19(6-2)17-9)7-11(20)14-13(8(3)4)16-18-21-14/h8,11,20H,5-7H2,1-4H3. The highest BCUT2D eigenvalue weighted by Gasteiger charge is 2.23. The van der Waals surface area contributed by atoms with Gasteiger partial charge in [0.05, 0.1) is 32.5 Å². The number of aliphatic hydroxyl groups excluding tert-OH is 1. The molecule has 0 aliphatic heterocycles. The summed E-state index contributed by atoms with van der Waals surface area (Å²) in [6, 6.07) is 0. The van der Waals surface area contributed by atoms with Gasteiger partial charge in [0, 0.05) is 13.0 Å². The quantitative estimate of drug-likeness (QED) is 0.842. The van der Waals surface area contributed by atoms with Gasteiger partial charge in [-0.15, -0.1) is 5.10 Å². The van der Waals surface area contributed by atoms with Crippen LogP contribution in [0.5, 0.6) is 0 Å². The monoisotopic (exact) mass is 372 g/mol. The third-order valence-electron chi connectivity index (χ3n) is 3.47. The summed E-state index contributed by atoms with van der Waals surface area (Å²) in [5, 5.41) is 19.3. The lowest BCUT2D eigenvalue weighted by molar-refractivity contribution is 0.177. The van der Waals surface area contributed by atoms with Crippen molar-refractivity contribution in [2.24, 2.45) is 0 Å². The maximum Gasteiger partial charge on any atom is 0.0972 e. The third kappa shape index (κ3) is 3.35. The van der Waals surface area contributed by atoms with Crippen LogP contribution in [-0.2, 0) is 19.4 Å². The molecule has 2 aromatic heterocycles. The average Bonchev–Trinajstić information content (AvgIpc) is 3.05. The fourth-order valence-corrected chi connectivity index (χ4v) is 3.84. The van der Waals surface area contributed by atoms with E-state index < -0.39 is 6.10 Å². The van der Waals surface area contributed by atoms with Crippen LogP contribution in [0.1, 0.15) is 61.7 Å². The summed E-state index contributed by atoms with van der Waals surface area (Å²) in [6.45, 7) is 9.06. The Morgan fingerprint density at radius 1 is 1.33 bits per heavy atom. The van der Waals surface area contributed by atoms with Gasteiger partial charge in [0.1, 0.15) is 0 Å². The van der Waals surface area contributed by atoms with Crippen molar-refractivity contribution in [2.75, 3.05) is 0 Å². The average molecular weight is 373 g/mol. The molecule has 0 fully saturated rings. The Bertz CT molecular complexity index is 608. The van der Waals surface area contributed by atoms with Crippen LogP contribution in [0.15, 0.2) is 4.47 Å². The number of hydrogen-bond acceptors (Lipinski definition) is 5. The van der Waals surface area contributed by atoms with Crippen molar-refractivity contribution in [3.8, 4) is 0 Å². The molecule has 0 spiro atoms. The van der Waals surface area contributed by atoms with Crippen LogP contribution in [-0.4, -0.2) is 24.5 Å². The highest BCUT2D eigenvalue weighted by Crippen LogP contribution is 2.31. The van der Waals surface area contributed by atoms with Crippen molar-refractivity contribution in [2.45, 2.75) is 59.1 Å². The molecular formula is C14H21BrN4OS. The molecule has 0 aromatic carbocycles. The number of aromatic nitrogens is 4. The number of rotatable bonds is 6. The smallest absolute Gasteiger partial charge is 0.0972 e. The van der Waals surface area contributed by atoms with Crippen LogP contribution in [0, 0.1) is 0 Å². The topological polar surface area (TPSA) is 63.8 Å². The van der Waals surface area contributed by atoms with E-state index in [4.69, 9.17) is 0 Å². The highest BCUT2D eigenvalue weighted by molar-refractivity contribution is 9.10. The fraction of sp³-hybridized carbons (Fsp3) is 0.643. The predicted octanol–water partition coefficient (Wildman–Crippen LogP) is 3.48. The van der Waals surface area contributed by atoms with Crippen molar-refractivity contribution in [1.29, 1.82) is 0 Å². The summed E-state index contributed by atoms with van der Waals surface area (Å²) in [4.78, 5) is 0.860. The number of hydrogen-bond donors (Lipinski definition) is 1. The van der Waals surface area contributed by atoms with Crippen LogP contribution in [0.4, 0.5) is 0 Å². The molecule has 1 unspecified atom stereocenters. The van der Waals surface area contributed by atoms with Crippen molar-refractivity contribution < 1.29 is 5.11 Å². The van der Waals surface area contributed by atoms with Crippen molar-refractivity contribution in [1.82, 2.24) is 19.4 Å². The first-order chi connectivity index (χ1) is 9.99. The lowest BCUT2D eigenvalue weighted by Gasteiger charge is -2.12. The van der Waals surface area contributed by atoms with E-state index in [1.54, 1.807) is 0 Å². The first kappa shape index (κ1) is 16.6. The van der Waals surface area contributed by atoms with Crippen LogP contribution in [0.25, 0.3) is 0 Å². The van der Waals surface area contributed by atoms with Crippen LogP contribution < -0.4 is 0 Å². The zero-order valence-corrected chi connectivity index (χ0v) is 15.2. The van der Waals surface area contributed by atoms with E-state index in [0.29, 0.717) is 6.42 Å². The SMILES string of the molecule is CCc1nn(CC)c(CC(O)c2snnc2C(C)C)c1Br. The Morgan fingerprint density at radius 2 is 2.05 bits per heavy atom. The molecule has 5 nitrogen and oxygen atoms in total. The zero-order valence-electron chi connectivity index (χ0n) is 12.8. The van der Waals surface area contributed by atoms with E-state index >= 15 is 0 Å². The second-order valence-electron chi connectivity index (χ2n) is 5.27. The van der Waals surface area contributed by atoms with Crippen molar-refractivity contribution in [3.05, 3.63) is 26.4 Å². The van der Waals surface area contributed by atoms with E-state index in [2.05, 4.69) is 58.3 Å². The van der Waals surface area contributed by atoms with Gasteiger partial charge in [0.2, 0.25) is 0 Å². The van der Waals surface area contributed by atoms with Gasteiger partial charge >= 0.3 is 0 Å². The molecule has 2 rings (SSSR count). The maximum absolute atomic E-state index is 10.6. The largest absolute Gasteiger partial charge is 0.387 e. The molecule has 21 heavy (non-hydrogen) atoms. The number of halogens is 1. The summed E-state index contributed by atoms with van der Waals surface area (Å²) in [5.74, 6) is 0.263. The minimum Gasteiger partial charge on any atom is -0.387 e. The lowest BCUT2D eigenvalue weighted by Crippen LogP contribution is -2.10. The number of aliphatic hydroxyl groups is 1. The molecule has 0 aliphatic carbocycles. The Balaban J connectivity index is 2.29. The molecule has 1 atom stereocenters. The Kier molecular flexibility index (Phi) is 5.51. The van der Waals surface area contributed by atoms with Gasteiger partial charge in [-0.3, -0.25) is 4.68 Å². The molecule has 0 saturated heterocycles. The number of aryl methyl sites for hydroxylation is 2. The highest BCUT2D eigenvalue weighted by atomic mass is 79.9. The van der Waals surface area contributed by atoms with Gasteiger partial charge in [-0.2, -0.15) is 5.10 Å². The normalized spacial score (nSPS) is 13.1. The second kappa shape index (κ2) is 6.98. The van der Waals surface area contributed by atoms with Crippen LogP contribution in [0.3, 0.4) is 0 Å². The summed E-state index contributed by atoms with van der Waals surface area (Å²) in [7, 11) is 0. The van der Waals surface area contributed by atoms with Crippen molar-refractivity contribution >= 4 is 27.5 Å². The van der Waals surface area contributed by atoms with E-state index in [1.807, 2.05) is 4.68 Å². The predicted molar refractivity (Wildman–Crippen MR) is 87.6 cm³/mol. The molecule has 0 aliphatic rings. The zero-order chi connectivity index (χ0) is 15.6. The van der Waals surface area contributed by atoms with Crippen molar-refractivity contribution in [3.63, 3.8) is 0 Å². The Labute approximate surface area is 137 Å². The summed E-state index contributed by atoms with van der Waals surface area (Å²) in [6.07, 6.45) is 0.798. The van der Waals surface area contributed by atoms with Gasteiger partial charge in [-0.1, -0.05) is 25.3 Å². The molecule has 2 heterocycles. The summed E-state index contributed by atoms with van der Waals surface area (Å²) in [5.41, 5.74) is 2.96. The Morgan fingerprint density at radius 3 is 2.62 bits per heavy atom. The lowest BCUT2D eigenvalue weighted by atomic mass is 10.0. The minimum absolute atomic E-state index is 0.263. The van der Waals surface area contributed by atoms with Gasteiger partial charge in [0.15, 0.2) is 0 Å². The molecular weight excluding hydrogens is 352 g/mol. The van der Waals surface area contributed by atoms with Gasteiger partial charge in [-0.05, 0) is 46.7 Å². The first-order valence-corrected chi connectivity index (χ1v) is 8.80. The van der Waals surface area contributed by atoms with E-state index in [0.717, 1.165) is 39.4 Å². The van der Waals surface area contributed by atoms with E-state index in [-0.39, 0.29) is 5.92 Å². The molecule has 0 saturated carbocycles. The molecule has 7 heteroatoms. The van der Waals surface area contributed by atoms with Gasteiger partial charge in [-0.25, -0.2) is 0 Å². The number of nitrogens with zero attached hydrogens (tertiary/aromatic N) is 4. The van der Waals surface area contributed by atoms with E-state index in [1.165, 1.54) is 11.5 Å². The van der Waals surface area contributed by atoms with Gasteiger partial charge < -0.3 is 5.11 Å². The molecule has 0 amide bonds. The summed E-state index contributed by atoms with van der Waals surface area (Å²) >= 11 is 4.90. The van der Waals surface area contributed by atoms with E-state index in [9.17, 15) is 5.11 Å². The molecule has 0 radical (unpaired) electrons. The summed E-state index contributed by atoms with van der Waals surface area (Å²) < 4.78 is 6.95. The third-order valence-corrected chi connectivity index (χ3v) is 5.23. The molecule has 2 aromatic rings. The maximum atomic E-state index is 10.6. The minimum atomic E-state index is -0.592. The first-order valence-electron chi connectivity index (χ1n) is 7.23. The fourth-order valence-electron chi connectivity index (χ4n) is 2.32. The van der Waals surface area contributed by atoms with Gasteiger partial charge in [0.25, 0.3) is 0 Å².